The second kappa shape index (κ2) is 15.9. The van der Waals surface area contributed by atoms with Crippen molar-refractivity contribution in [1.82, 2.24) is 15.5 Å². The summed E-state index contributed by atoms with van der Waals surface area (Å²) in [4.78, 5) is 6.86. The minimum atomic E-state index is 0.635. The van der Waals surface area contributed by atoms with E-state index >= 15 is 0 Å². The van der Waals surface area contributed by atoms with Gasteiger partial charge in [0.1, 0.15) is 5.75 Å². The van der Waals surface area contributed by atoms with Gasteiger partial charge in [-0.1, -0.05) is 12.1 Å². The smallest absolute Gasteiger partial charge is 0.191 e. The van der Waals surface area contributed by atoms with Crippen LogP contribution < -0.4 is 15.4 Å². The van der Waals surface area contributed by atoms with Crippen LogP contribution in [0, 0.1) is 5.92 Å². The molecule has 1 aromatic rings. The maximum atomic E-state index is 5.83. The Hall–Kier alpha value is -1.83. The van der Waals surface area contributed by atoms with Crippen molar-refractivity contribution < 1.29 is 14.2 Å². The quantitative estimate of drug-likeness (QED) is 0.267. The predicted octanol–water partition coefficient (Wildman–Crippen LogP) is 2.91. The SMILES string of the molecule is CCNC(=NCc1ccc(OCCCN(C)C)cc1)NCCCOCC1CCOCC1. The molecule has 1 fully saturated rings. The van der Waals surface area contributed by atoms with Crippen molar-refractivity contribution in [3.8, 4) is 5.75 Å². The van der Waals surface area contributed by atoms with Crippen LogP contribution >= 0.6 is 0 Å². The number of nitrogens with one attached hydrogen (secondary N) is 2. The highest BCUT2D eigenvalue weighted by atomic mass is 16.5. The number of hydrogen-bond acceptors (Lipinski definition) is 5. The summed E-state index contributed by atoms with van der Waals surface area (Å²) in [6, 6.07) is 8.21. The summed E-state index contributed by atoms with van der Waals surface area (Å²) in [5.41, 5.74) is 1.16. The first-order valence-corrected chi connectivity index (χ1v) is 11.7. The lowest BCUT2D eigenvalue weighted by Gasteiger charge is -2.21. The van der Waals surface area contributed by atoms with Crippen LogP contribution in [-0.4, -0.2) is 77.6 Å². The Morgan fingerprint density at radius 3 is 2.58 bits per heavy atom. The molecule has 1 saturated heterocycles. The fourth-order valence-corrected chi connectivity index (χ4v) is 3.32. The molecule has 1 heterocycles. The first kappa shape index (κ1) is 25.4. The van der Waals surface area contributed by atoms with Gasteiger partial charge in [-0.3, -0.25) is 0 Å². The molecule has 0 saturated carbocycles. The Kier molecular flexibility index (Phi) is 13.0. The molecule has 0 bridgehead atoms. The predicted molar refractivity (Wildman–Crippen MR) is 127 cm³/mol. The summed E-state index contributed by atoms with van der Waals surface area (Å²) in [6.45, 7) is 9.57. The van der Waals surface area contributed by atoms with Gasteiger partial charge >= 0.3 is 0 Å². The third-order valence-electron chi connectivity index (χ3n) is 5.16. The Bertz CT molecular complexity index is 601. The number of aliphatic imine (C=N–C) groups is 1. The van der Waals surface area contributed by atoms with E-state index in [1.807, 2.05) is 12.1 Å². The zero-order chi connectivity index (χ0) is 22.2. The molecule has 0 radical (unpaired) electrons. The monoisotopic (exact) mass is 434 g/mol. The van der Waals surface area contributed by atoms with Gasteiger partial charge in [0, 0.05) is 46.1 Å². The number of nitrogens with zero attached hydrogens (tertiary/aromatic N) is 2. The highest BCUT2D eigenvalue weighted by molar-refractivity contribution is 5.79. The van der Waals surface area contributed by atoms with Gasteiger partial charge in [0.25, 0.3) is 0 Å². The number of benzene rings is 1. The van der Waals surface area contributed by atoms with Gasteiger partial charge in [0.2, 0.25) is 0 Å². The maximum Gasteiger partial charge on any atom is 0.191 e. The Balaban J connectivity index is 1.62. The first-order valence-electron chi connectivity index (χ1n) is 11.7. The van der Waals surface area contributed by atoms with E-state index in [4.69, 9.17) is 19.2 Å². The van der Waals surface area contributed by atoms with Crippen LogP contribution in [0.5, 0.6) is 5.75 Å². The van der Waals surface area contributed by atoms with Crippen molar-refractivity contribution in [2.45, 2.75) is 39.2 Å². The van der Waals surface area contributed by atoms with Crippen LogP contribution in [0.15, 0.2) is 29.3 Å². The number of ether oxygens (including phenoxy) is 3. The van der Waals surface area contributed by atoms with Crippen LogP contribution in [0.1, 0.15) is 38.2 Å². The summed E-state index contributed by atoms with van der Waals surface area (Å²) < 4.78 is 17.0. The highest BCUT2D eigenvalue weighted by Gasteiger charge is 2.13. The largest absolute Gasteiger partial charge is 0.494 e. The second-order valence-corrected chi connectivity index (χ2v) is 8.26. The van der Waals surface area contributed by atoms with E-state index in [0.29, 0.717) is 12.5 Å². The molecule has 1 aromatic carbocycles. The first-order chi connectivity index (χ1) is 15.2. The molecule has 0 amide bonds. The summed E-state index contributed by atoms with van der Waals surface area (Å²) in [5.74, 6) is 2.42. The van der Waals surface area contributed by atoms with Crippen LogP contribution in [0.4, 0.5) is 0 Å². The van der Waals surface area contributed by atoms with Gasteiger partial charge in [-0.05, 0) is 70.3 Å². The van der Waals surface area contributed by atoms with Crippen molar-refractivity contribution in [3.63, 3.8) is 0 Å². The van der Waals surface area contributed by atoms with Gasteiger partial charge in [-0.15, -0.1) is 0 Å². The average molecular weight is 435 g/mol. The Morgan fingerprint density at radius 2 is 1.87 bits per heavy atom. The lowest BCUT2D eigenvalue weighted by molar-refractivity contribution is 0.0203. The van der Waals surface area contributed by atoms with Crippen molar-refractivity contribution in [2.75, 3.05) is 66.8 Å². The minimum Gasteiger partial charge on any atom is -0.494 e. The van der Waals surface area contributed by atoms with E-state index in [9.17, 15) is 0 Å². The number of hydrogen-bond donors (Lipinski definition) is 2. The van der Waals surface area contributed by atoms with E-state index < -0.39 is 0 Å². The zero-order valence-corrected chi connectivity index (χ0v) is 19.7. The van der Waals surface area contributed by atoms with Crippen LogP contribution in [0.25, 0.3) is 0 Å². The molecule has 0 atom stereocenters. The minimum absolute atomic E-state index is 0.635. The van der Waals surface area contributed by atoms with Crippen molar-refractivity contribution >= 4 is 5.96 Å². The average Bonchev–Trinajstić information content (AvgIpc) is 2.78. The van der Waals surface area contributed by atoms with Gasteiger partial charge in [-0.2, -0.15) is 0 Å². The standard InChI is InChI=1S/C24H42N4O3/c1-4-25-24(26-13-5-15-30-20-22-11-17-29-18-12-22)27-19-21-7-9-23(10-8-21)31-16-6-14-28(2)3/h7-10,22H,4-6,11-20H2,1-3H3,(H2,25,26,27). The third-order valence-corrected chi connectivity index (χ3v) is 5.16. The number of guanidine groups is 1. The van der Waals surface area contributed by atoms with Gasteiger partial charge in [0.15, 0.2) is 5.96 Å². The molecule has 7 heteroatoms. The molecule has 31 heavy (non-hydrogen) atoms. The molecule has 1 aliphatic heterocycles. The molecule has 2 N–H and O–H groups in total. The van der Waals surface area contributed by atoms with E-state index in [1.165, 1.54) is 0 Å². The zero-order valence-electron chi connectivity index (χ0n) is 19.7. The molecule has 0 spiro atoms. The normalized spacial score (nSPS) is 15.3. The summed E-state index contributed by atoms with van der Waals surface area (Å²) in [7, 11) is 4.15. The lowest BCUT2D eigenvalue weighted by Crippen LogP contribution is -2.38. The molecule has 0 aliphatic carbocycles. The topological polar surface area (TPSA) is 67.4 Å². The molecule has 1 aliphatic rings. The van der Waals surface area contributed by atoms with Crippen molar-refractivity contribution in [1.29, 1.82) is 0 Å². The van der Waals surface area contributed by atoms with Crippen molar-refractivity contribution in [3.05, 3.63) is 29.8 Å². The fraction of sp³-hybridized carbons (Fsp3) is 0.708. The second-order valence-electron chi connectivity index (χ2n) is 8.26. The summed E-state index contributed by atoms with van der Waals surface area (Å²) in [6.07, 6.45) is 4.24. The highest BCUT2D eigenvalue weighted by Crippen LogP contribution is 2.15. The van der Waals surface area contributed by atoms with Crippen LogP contribution in [0.2, 0.25) is 0 Å². The van der Waals surface area contributed by atoms with Crippen molar-refractivity contribution in [2.24, 2.45) is 10.9 Å². The van der Waals surface area contributed by atoms with E-state index in [2.05, 4.69) is 48.7 Å². The molecular weight excluding hydrogens is 392 g/mol. The fourth-order valence-electron chi connectivity index (χ4n) is 3.32. The van der Waals surface area contributed by atoms with Gasteiger partial charge in [-0.25, -0.2) is 4.99 Å². The third kappa shape index (κ3) is 12.0. The molecule has 176 valence electrons. The summed E-state index contributed by atoms with van der Waals surface area (Å²) in [5, 5.41) is 6.70. The molecule has 7 nitrogen and oxygen atoms in total. The molecule has 0 unspecified atom stereocenters. The van der Waals surface area contributed by atoms with Crippen LogP contribution in [0.3, 0.4) is 0 Å². The lowest BCUT2D eigenvalue weighted by atomic mass is 10.0. The Labute approximate surface area is 188 Å². The van der Waals surface area contributed by atoms with Gasteiger partial charge in [0.05, 0.1) is 13.2 Å². The van der Waals surface area contributed by atoms with E-state index in [0.717, 1.165) is 95.6 Å². The van der Waals surface area contributed by atoms with E-state index in [-0.39, 0.29) is 0 Å². The summed E-state index contributed by atoms with van der Waals surface area (Å²) >= 11 is 0. The molecule has 2 rings (SSSR count). The Morgan fingerprint density at radius 1 is 1.10 bits per heavy atom. The van der Waals surface area contributed by atoms with E-state index in [1.54, 1.807) is 0 Å². The number of rotatable bonds is 14. The van der Waals surface area contributed by atoms with Gasteiger partial charge < -0.3 is 29.7 Å². The maximum absolute atomic E-state index is 5.83. The van der Waals surface area contributed by atoms with Crippen LogP contribution in [-0.2, 0) is 16.0 Å². The molecule has 0 aromatic heterocycles. The molecular formula is C24H42N4O3.